The van der Waals surface area contributed by atoms with Crippen molar-refractivity contribution in [2.24, 2.45) is 5.92 Å². The van der Waals surface area contributed by atoms with Gasteiger partial charge < -0.3 is 25.0 Å². The number of carbonyl (C=O) groups excluding carboxylic acids is 1. The Hall–Kier alpha value is -3.51. The summed E-state index contributed by atoms with van der Waals surface area (Å²) in [7, 11) is 0. The average molecular weight is 655 g/mol. The number of likely N-dealkylation sites (tertiary alicyclic amines) is 1. The molecule has 6 rings (SSSR count). The minimum atomic E-state index is -0.738. The highest BCUT2D eigenvalue weighted by atomic mass is 35.5. The minimum absolute atomic E-state index is 0.0521. The van der Waals surface area contributed by atoms with Crippen molar-refractivity contribution < 1.29 is 19.4 Å². The van der Waals surface area contributed by atoms with Crippen molar-refractivity contribution in [3.05, 3.63) is 58.3 Å². The van der Waals surface area contributed by atoms with E-state index in [4.69, 9.17) is 38.0 Å². The van der Waals surface area contributed by atoms with Crippen molar-refractivity contribution in [2.45, 2.75) is 44.7 Å². The zero-order valence-corrected chi connectivity index (χ0v) is 26.5. The van der Waals surface area contributed by atoms with Crippen LogP contribution in [0.2, 0.25) is 10.0 Å². The molecule has 238 valence electrons. The molecule has 11 nitrogen and oxygen atoms in total. The van der Waals surface area contributed by atoms with Gasteiger partial charge in [-0.15, -0.1) is 0 Å². The van der Waals surface area contributed by atoms with Gasteiger partial charge in [-0.05, 0) is 81.1 Å². The highest BCUT2D eigenvalue weighted by Crippen LogP contribution is 2.31. The number of ether oxygens (including phenoxy) is 1. The summed E-state index contributed by atoms with van der Waals surface area (Å²) in [5, 5.41) is 13.5. The number of nitrogens with zero attached hydrogens (tertiary/aromatic N) is 6. The Morgan fingerprint density at radius 2 is 1.64 bits per heavy atom. The molecule has 1 aromatic carbocycles. The molecule has 3 aliphatic heterocycles. The monoisotopic (exact) mass is 653 g/mol. The molecule has 2 N–H and O–H groups in total. The molecule has 0 spiro atoms. The molecule has 0 bridgehead atoms. The third kappa shape index (κ3) is 8.21. The van der Waals surface area contributed by atoms with Crippen LogP contribution in [0.3, 0.4) is 0 Å². The van der Waals surface area contributed by atoms with Gasteiger partial charge in [0.2, 0.25) is 17.7 Å². The maximum atomic E-state index is 12.7. The average Bonchev–Trinajstić information content (AvgIpc) is 3.57. The van der Waals surface area contributed by atoms with Gasteiger partial charge in [0, 0.05) is 60.8 Å². The second-order valence-electron chi connectivity index (χ2n) is 12.0. The Morgan fingerprint density at radius 1 is 0.933 bits per heavy atom. The highest BCUT2D eigenvalue weighted by molar-refractivity contribution is 6.35. The Balaban J connectivity index is 1.13. The van der Waals surface area contributed by atoms with Crippen LogP contribution in [0.15, 0.2) is 42.7 Å². The van der Waals surface area contributed by atoms with Crippen LogP contribution in [0.25, 0.3) is 11.3 Å². The molecule has 13 heteroatoms. The number of piperidine rings is 1. The SMILES string of the molecule is O=C(O)CC1CCN(Cc2cc(Oc3cnc(N4CCN(C(=O)C5CCCN5)CC4)nc3)nc(-c3cc(Cl)cc(Cl)c3)c2)CC1. The number of benzene rings is 1. The summed E-state index contributed by atoms with van der Waals surface area (Å²) < 4.78 is 6.18. The molecule has 3 aromatic rings. The van der Waals surface area contributed by atoms with Crippen LogP contribution >= 0.6 is 23.2 Å². The molecule has 3 fully saturated rings. The molecular weight excluding hydrogens is 617 g/mol. The van der Waals surface area contributed by atoms with Crippen molar-refractivity contribution in [1.29, 1.82) is 0 Å². The second kappa shape index (κ2) is 14.3. The van der Waals surface area contributed by atoms with E-state index in [9.17, 15) is 9.59 Å². The molecular formula is C32H37Cl2N7O4. The topological polar surface area (TPSA) is 124 Å². The Bertz CT molecular complexity index is 1480. The number of carboxylic acids is 1. The first-order valence-corrected chi connectivity index (χ1v) is 16.2. The lowest BCUT2D eigenvalue weighted by Crippen LogP contribution is -2.53. The van der Waals surface area contributed by atoms with Crippen LogP contribution in [0, 0.1) is 5.92 Å². The van der Waals surface area contributed by atoms with E-state index in [0.29, 0.717) is 66.0 Å². The number of carbonyl (C=O) groups is 2. The lowest BCUT2D eigenvalue weighted by Gasteiger charge is -2.35. The number of aliphatic carboxylic acids is 1. The number of aromatic nitrogens is 3. The van der Waals surface area contributed by atoms with Gasteiger partial charge in [-0.3, -0.25) is 14.5 Å². The molecule has 0 saturated carbocycles. The van der Waals surface area contributed by atoms with Crippen molar-refractivity contribution in [1.82, 2.24) is 30.1 Å². The molecule has 3 aliphatic rings. The fourth-order valence-electron chi connectivity index (χ4n) is 6.29. The first kappa shape index (κ1) is 31.5. The largest absolute Gasteiger partial charge is 0.481 e. The van der Waals surface area contributed by atoms with Gasteiger partial charge in [0.25, 0.3) is 0 Å². The normalized spacial score (nSPS) is 19.6. The summed E-state index contributed by atoms with van der Waals surface area (Å²) in [6, 6.07) is 9.17. The first-order valence-electron chi connectivity index (χ1n) is 15.5. The number of hydrogen-bond acceptors (Lipinski definition) is 9. The van der Waals surface area contributed by atoms with Crippen LogP contribution in [-0.2, 0) is 16.1 Å². The molecule has 0 aliphatic carbocycles. The van der Waals surface area contributed by atoms with E-state index in [2.05, 4.69) is 25.1 Å². The summed E-state index contributed by atoms with van der Waals surface area (Å²) in [4.78, 5) is 44.1. The maximum Gasteiger partial charge on any atom is 0.303 e. The van der Waals surface area contributed by atoms with Gasteiger partial charge in [-0.25, -0.2) is 15.0 Å². The number of piperazine rings is 1. The van der Waals surface area contributed by atoms with Crippen molar-refractivity contribution in [2.75, 3.05) is 50.7 Å². The molecule has 1 atom stereocenters. The summed E-state index contributed by atoms with van der Waals surface area (Å²) >= 11 is 12.6. The van der Waals surface area contributed by atoms with E-state index in [1.54, 1.807) is 18.5 Å². The van der Waals surface area contributed by atoms with Crippen LogP contribution in [0.1, 0.15) is 37.7 Å². The quantitative estimate of drug-likeness (QED) is 0.335. The van der Waals surface area contributed by atoms with Gasteiger partial charge in [-0.2, -0.15) is 0 Å². The lowest BCUT2D eigenvalue weighted by atomic mass is 9.93. The predicted octanol–water partition coefficient (Wildman–Crippen LogP) is 4.73. The fourth-order valence-corrected chi connectivity index (χ4v) is 6.82. The molecule has 1 unspecified atom stereocenters. The number of anilines is 1. The van der Waals surface area contributed by atoms with E-state index in [1.165, 1.54) is 0 Å². The molecule has 0 radical (unpaired) electrons. The van der Waals surface area contributed by atoms with E-state index >= 15 is 0 Å². The van der Waals surface area contributed by atoms with Gasteiger partial charge in [-0.1, -0.05) is 23.2 Å². The number of hydrogen-bond donors (Lipinski definition) is 2. The molecule has 3 saturated heterocycles. The van der Waals surface area contributed by atoms with Crippen molar-refractivity contribution >= 4 is 41.0 Å². The summed E-state index contributed by atoms with van der Waals surface area (Å²) in [5.41, 5.74) is 2.44. The van der Waals surface area contributed by atoms with E-state index in [-0.39, 0.29) is 24.3 Å². The second-order valence-corrected chi connectivity index (χ2v) is 12.8. The first-order chi connectivity index (χ1) is 21.8. The van der Waals surface area contributed by atoms with Crippen LogP contribution in [0.4, 0.5) is 5.95 Å². The van der Waals surface area contributed by atoms with Crippen molar-refractivity contribution in [3.8, 4) is 22.9 Å². The minimum Gasteiger partial charge on any atom is -0.481 e. The Morgan fingerprint density at radius 3 is 2.29 bits per heavy atom. The number of amides is 1. The van der Waals surface area contributed by atoms with Crippen molar-refractivity contribution in [3.63, 3.8) is 0 Å². The lowest BCUT2D eigenvalue weighted by molar-refractivity contribution is -0.138. The van der Waals surface area contributed by atoms with Gasteiger partial charge in [0.15, 0.2) is 5.75 Å². The third-order valence-electron chi connectivity index (χ3n) is 8.67. The van der Waals surface area contributed by atoms with Gasteiger partial charge in [0.05, 0.1) is 24.1 Å². The van der Waals surface area contributed by atoms with Gasteiger partial charge >= 0.3 is 5.97 Å². The fraction of sp³-hybridized carbons (Fsp3) is 0.469. The zero-order chi connectivity index (χ0) is 31.3. The molecule has 45 heavy (non-hydrogen) atoms. The number of halogens is 2. The van der Waals surface area contributed by atoms with Crippen LogP contribution in [-0.4, -0.2) is 93.6 Å². The predicted molar refractivity (Wildman–Crippen MR) is 172 cm³/mol. The molecule has 2 aromatic heterocycles. The summed E-state index contributed by atoms with van der Waals surface area (Å²) in [5.74, 6) is 1.10. The number of nitrogens with one attached hydrogen (secondary N) is 1. The number of rotatable bonds is 9. The van der Waals surface area contributed by atoms with E-state index < -0.39 is 5.97 Å². The Labute approximate surface area is 272 Å². The standard InChI is InChI=1S/C32H37Cl2N7O4/c33-24-15-23(16-25(34)17-24)28-12-22(20-39-6-3-21(4-7-39)14-30(42)43)13-29(38-28)45-26-18-36-32(37-19-26)41-10-8-40(9-11-41)31(44)27-2-1-5-35-27/h12-13,15-19,21,27,35H,1-11,14,20H2,(H,42,43). The number of pyridine rings is 1. The van der Waals surface area contributed by atoms with Crippen LogP contribution in [0.5, 0.6) is 11.6 Å². The number of carboxylic acid groups (broad SMARTS) is 1. The summed E-state index contributed by atoms with van der Waals surface area (Å²) in [6.07, 6.45) is 7.15. The van der Waals surface area contributed by atoms with E-state index in [0.717, 1.165) is 56.4 Å². The molecule has 1 amide bonds. The third-order valence-corrected chi connectivity index (χ3v) is 9.10. The molecule has 5 heterocycles. The highest BCUT2D eigenvalue weighted by Gasteiger charge is 2.30. The Kier molecular flexibility index (Phi) is 9.99. The zero-order valence-electron chi connectivity index (χ0n) is 25.0. The van der Waals surface area contributed by atoms with Gasteiger partial charge in [0.1, 0.15) is 0 Å². The van der Waals surface area contributed by atoms with E-state index in [1.807, 2.05) is 29.2 Å². The smallest absolute Gasteiger partial charge is 0.303 e. The van der Waals surface area contributed by atoms with Crippen LogP contribution < -0.4 is 15.0 Å². The summed E-state index contributed by atoms with van der Waals surface area (Å²) in [6.45, 7) is 5.84. The maximum absolute atomic E-state index is 12.7.